The van der Waals surface area contributed by atoms with E-state index < -0.39 is 5.91 Å². The van der Waals surface area contributed by atoms with Gasteiger partial charge in [0.15, 0.2) is 0 Å². The van der Waals surface area contributed by atoms with E-state index in [2.05, 4.69) is 22.0 Å². The number of nitrogens with one attached hydrogen (secondary N) is 2. The van der Waals surface area contributed by atoms with E-state index in [0.717, 1.165) is 31.7 Å². The van der Waals surface area contributed by atoms with Gasteiger partial charge in [-0.2, -0.15) is 0 Å². The predicted octanol–water partition coefficient (Wildman–Crippen LogP) is 3.11. The van der Waals surface area contributed by atoms with Crippen molar-refractivity contribution in [2.75, 3.05) is 6.54 Å². The van der Waals surface area contributed by atoms with Crippen molar-refractivity contribution in [3.8, 4) is 0 Å². The average molecular weight is 350 g/mol. The third-order valence-electron chi connectivity index (χ3n) is 4.47. The number of amides is 1. The van der Waals surface area contributed by atoms with E-state index in [1.165, 1.54) is 22.9 Å². The zero-order valence-electron chi connectivity index (χ0n) is 14.5. The molecule has 2 aromatic rings. The highest BCUT2D eigenvalue weighted by Crippen LogP contribution is 2.22. The van der Waals surface area contributed by atoms with Crippen molar-refractivity contribution in [3.63, 3.8) is 0 Å². The van der Waals surface area contributed by atoms with Crippen LogP contribution < -0.4 is 5.48 Å². The molecule has 0 saturated heterocycles. The third-order valence-corrected chi connectivity index (χ3v) is 4.47. The van der Waals surface area contributed by atoms with Crippen LogP contribution in [0.5, 0.6) is 0 Å². The highest BCUT2D eigenvalue weighted by Gasteiger charge is 2.18. The summed E-state index contributed by atoms with van der Waals surface area (Å²) in [7, 11) is 0. The lowest BCUT2D eigenvalue weighted by molar-refractivity contribution is 0.0706. The Bertz CT molecular complexity index is 815. The average Bonchev–Trinajstić information content (AvgIpc) is 2.68. The molecular weight excluding hydrogens is 328 g/mol. The van der Waals surface area contributed by atoms with Crippen LogP contribution >= 0.6 is 0 Å². The Morgan fingerprint density at radius 2 is 2.04 bits per heavy atom. The number of rotatable bonds is 6. The monoisotopic (exact) mass is 350 g/mol. The maximum Gasteiger partial charge on any atom is 0.274 e. The van der Waals surface area contributed by atoms with E-state index in [0.29, 0.717) is 12.0 Å². The summed E-state index contributed by atoms with van der Waals surface area (Å²) < 4.78 is 0. The summed E-state index contributed by atoms with van der Waals surface area (Å²) in [5.74, 6) is -0.474. The van der Waals surface area contributed by atoms with Gasteiger partial charge in [0.1, 0.15) is 0 Å². The lowest BCUT2D eigenvalue weighted by Gasteiger charge is -2.29. The van der Waals surface area contributed by atoms with Gasteiger partial charge in [-0.25, -0.2) is 5.48 Å². The Morgan fingerprint density at radius 1 is 1.23 bits per heavy atom. The van der Waals surface area contributed by atoms with Crippen LogP contribution in [0.1, 0.15) is 33.5 Å². The zero-order valence-corrected chi connectivity index (χ0v) is 14.5. The van der Waals surface area contributed by atoms with Crippen LogP contribution in [0, 0.1) is 5.41 Å². The van der Waals surface area contributed by atoms with Gasteiger partial charge in [0.2, 0.25) is 0 Å². The first-order chi connectivity index (χ1) is 12.7. The summed E-state index contributed by atoms with van der Waals surface area (Å²) in [5.41, 5.74) is 6.68. The molecule has 6 nitrogen and oxygen atoms in total. The quantitative estimate of drug-likeness (QED) is 0.425. The number of carbonyl (C=O) groups excluding carboxylic acids is 1. The van der Waals surface area contributed by atoms with Gasteiger partial charge in [-0.05, 0) is 47.4 Å². The van der Waals surface area contributed by atoms with Gasteiger partial charge < -0.3 is 5.41 Å². The van der Waals surface area contributed by atoms with Crippen molar-refractivity contribution in [3.05, 3.63) is 64.7 Å². The second-order valence-corrected chi connectivity index (χ2v) is 6.30. The molecule has 0 spiro atoms. The summed E-state index contributed by atoms with van der Waals surface area (Å²) in [6.07, 6.45) is 4.49. The minimum Gasteiger partial charge on any atom is -0.313 e. The first kappa shape index (κ1) is 18.0. The Kier molecular flexibility index (Phi) is 5.88. The summed E-state index contributed by atoms with van der Waals surface area (Å²) in [5, 5.41) is 15.7. The maximum atomic E-state index is 11.5. The van der Waals surface area contributed by atoms with Crippen LogP contribution in [-0.4, -0.2) is 35.0 Å². The summed E-state index contributed by atoms with van der Waals surface area (Å²) in [4.78, 5) is 18.2. The highest BCUT2D eigenvalue weighted by atomic mass is 16.5. The Labute approximate surface area is 152 Å². The fraction of sp³-hybridized carbons (Fsp3) is 0.250. The molecule has 0 aromatic heterocycles. The molecule has 1 aliphatic heterocycles. The highest BCUT2D eigenvalue weighted by molar-refractivity contribution is 5.93. The number of hydrogen-bond donors (Lipinski definition) is 3. The maximum absolute atomic E-state index is 11.5. The molecule has 0 bridgehead atoms. The van der Waals surface area contributed by atoms with Crippen LogP contribution in [0.4, 0.5) is 5.69 Å². The molecule has 1 amide bonds. The van der Waals surface area contributed by atoms with Crippen molar-refractivity contribution >= 4 is 24.0 Å². The van der Waals surface area contributed by atoms with Crippen LogP contribution in [0.25, 0.3) is 0 Å². The van der Waals surface area contributed by atoms with Crippen molar-refractivity contribution < 1.29 is 10.0 Å². The second kappa shape index (κ2) is 8.51. The van der Waals surface area contributed by atoms with Crippen LogP contribution in [-0.2, 0) is 19.5 Å². The lowest BCUT2D eigenvalue weighted by Crippen LogP contribution is -2.30. The topological polar surface area (TPSA) is 88.8 Å². The molecule has 0 aliphatic carbocycles. The zero-order chi connectivity index (χ0) is 18.4. The number of benzene rings is 2. The number of carbonyl (C=O) groups is 1. The first-order valence-corrected chi connectivity index (χ1v) is 8.58. The molecular formula is C20H22N4O2. The molecule has 2 aromatic carbocycles. The molecule has 3 rings (SSSR count). The summed E-state index contributed by atoms with van der Waals surface area (Å²) in [6.45, 7) is 2.63. The van der Waals surface area contributed by atoms with Crippen LogP contribution in [0.3, 0.4) is 0 Å². The normalized spacial score (nSPS) is 14.2. The Hall–Kier alpha value is -2.83. The third kappa shape index (κ3) is 4.41. The molecule has 6 heteroatoms. The molecule has 1 aliphatic rings. The van der Waals surface area contributed by atoms with E-state index in [9.17, 15) is 4.79 Å². The molecule has 1 heterocycles. The predicted molar refractivity (Wildman–Crippen MR) is 102 cm³/mol. The number of nitrogens with zero attached hydrogens (tertiary/aromatic N) is 2. The van der Waals surface area contributed by atoms with Crippen molar-refractivity contribution in [1.82, 2.24) is 10.4 Å². The van der Waals surface area contributed by atoms with Gasteiger partial charge in [0, 0.05) is 44.0 Å². The van der Waals surface area contributed by atoms with E-state index in [1.807, 2.05) is 24.3 Å². The molecule has 0 atom stereocenters. The largest absolute Gasteiger partial charge is 0.313 e. The molecule has 26 heavy (non-hydrogen) atoms. The first-order valence-electron chi connectivity index (χ1n) is 8.58. The molecule has 0 radical (unpaired) electrons. The molecule has 3 N–H and O–H groups in total. The Balaban J connectivity index is 1.62. The van der Waals surface area contributed by atoms with Crippen molar-refractivity contribution in [2.24, 2.45) is 4.99 Å². The van der Waals surface area contributed by atoms with Crippen molar-refractivity contribution in [1.29, 1.82) is 5.41 Å². The summed E-state index contributed by atoms with van der Waals surface area (Å²) >= 11 is 0. The van der Waals surface area contributed by atoms with E-state index in [-0.39, 0.29) is 0 Å². The van der Waals surface area contributed by atoms with Crippen LogP contribution in [0.15, 0.2) is 47.5 Å². The molecule has 0 fully saturated rings. The van der Waals surface area contributed by atoms with Gasteiger partial charge in [0.05, 0.1) is 5.69 Å². The van der Waals surface area contributed by atoms with Gasteiger partial charge >= 0.3 is 0 Å². The standard InChI is InChI=1S/C20H22N4O2/c21-9-1-10-22-19-6-2-15(3-7-19)13-24-11-8-16-12-17(20(25)23-26)4-5-18(16)14-24/h2-7,9-10,12,21,26H,1,8,11,13-14H2,(H,23,25). The van der Waals surface area contributed by atoms with E-state index in [1.54, 1.807) is 17.8 Å². The molecule has 0 unspecified atom stereocenters. The number of aliphatic imine (C=N–C) groups is 1. The molecule has 0 saturated carbocycles. The van der Waals surface area contributed by atoms with Crippen molar-refractivity contribution in [2.45, 2.75) is 25.9 Å². The number of hydrogen-bond acceptors (Lipinski definition) is 5. The van der Waals surface area contributed by atoms with Gasteiger partial charge in [-0.1, -0.05) is 18.2 Å². The smallest absolute Gasteiger partial charge is 0.274 e. The SMILES string of the molecule is N=CCC=Nc1ccc(CN2CCc3cc(C(=O)NO)ccc3C2)cc1. The molecule has 134 valence electrons. The van der Waals surface area contributed by atoms with E-state index >= 15 is 0 Å². The number of hydroxylamine groups is 1. The fourth-order valence-electron chi connectivity index (χ4n) is 3.11. The van der Waals surface area contributed by atoms with Gasteiger partial charge in [-0.3, -0.25) is 19.9 Å². The van der Waals surface area contributed by atoms with Gasteiger partial charge in [0.25, 0.3) is 5.91 Å². The lowest BCUT2D eigenvalue weighted by atomic mass is 9.96. The minimum absolute atomic E-state index is 0.474. The van der Waals surface area contributed by atoms with E-state index in [4.69, 9.17) is 10.6 Å². The Morgan fingerprint density at radius 3 is 2.77 bits per heavy atom. The van der Waals surface area contributed by atoms with Gasteiger partial charge in [-0.15, -0.1) is 0 Å². The van der Waals surface area contributed by atoms with Crippen LogP contribution in [0.2, 0.25) is 0 Å². The summed E-state index contributed by atoms with van der Waals surface area (Å²) in [6, 6.07) is 13.7. The number of fused-ring (bicyclic) bond motifs is 1. The minimum atomic E-state index is -0.474. The second-order valence-electron chi connectivity index (χ2n) is 6.30. The fourth-order valence-corrected chi connectivity index (χ4v) is 3.11.